The minimum Gasteiger partial charge on any atom is -0.494 e. The van der Waals surface area contributed by atoms with E-state index in [0.717, 1.165) is 138 Å². The lowest BCUT2D eigenvalue weighted by molar-refractivity contribution is 0.275. The van der Waals surface area contributed by atoms with Gasteiger partial charge >= 0.3 is 0 Å². The molecule has 0 amide bonds. The van der Waals surface area contributed by atoms with Crippen LogP contribution in [0.5, 0.6) is 34.5 Å². The van der Waals surface area contributed by atoms with Crippen LogP contribution >= 0.6 is 0 Å². The zero-order chi connectivity index (χ0) is 80.5. The molecule has 0 bridgehead atoms. The third kappa shape index (κ3) is 39.6. The van der Waals surface area contributed by atoms with Gasteiger partial charge in [0, 0.05) is 27.8 Å². The van der Waals surface area contributed by atoms with E-state index in [0.29, 0.717) is 103 Å². The van der Waals surface area contributed by atoms with Gasteiger partial charge in [-0.05, 0) is 219 Å². The molecule has 0 spiro atoms. The van der Waals surface area contributed by atoms with E-state index >= 15 is 0 Å². The highest BCUT2D eigenvalue weighted by Crippen LogP contribution is 2.35. The lowest BCUT2D eigenvalue weighted by Gasteiger charge is -2.17. The van der Waals surface area contributed by atoms with Crippen LogP contribution in [0.15, 0.2) is 121 Å². The molecule has 6 rings (SSSR count). The van der Waals surface area contributed by atoms with Gasteiger partial charge < -0.3 is 28.4 Å². The maximum Gasteiger partial charge on any atom is 0.153 e. The zero-order valence-corrected chi connectivity index (χ0v) is 72.8. The summed E-state index contributed by atoms with van der Waals surface area (Å²) in [5.74, 6) is 48.0. The fourth-order valence-corrected chi connectivity index (χ4v) is 13.7. The van der Waals surface area contributed by atoms with E-state index in [4.69, 9.17) is 28.4 Å². The first-order valence-corrected chi connectivity index (χ1v) is 44.3. The van der Waals surface area contributed by atoms with Crippen molar-refractivity contribution in [3.05, 3.63) is 177 Å². The van der Waals surface area contributed by atoms with Crippen LogP contribution in [0.3, 0.4) is 0 Å². The van der Waals surface area contributed by atoms with Crippen molar-refractivity contribution in [2.45, 2.75) is 291 Å². The average molecular weight is 1520 g/mol. The van der Waals surface area contributed by atoms with Crippen molar-refractivity contribution in [1.82, 2.24) is 0 Å². The number of ether oxygens (including phenoxy) is 6. The Bertz CT molecular complexity index is 3690. The van der Waals surface area contributed by atoms with Gasteiger partial charge in [0.15, 0.2) is 5.75 Å². The van der Waals surface area contributed by atoms with Gasteiger partial charge in [0.25, 0.3) is 0 Å². The minimum atomic E-state index is 0.440. The van der Waals surface area contributed by atoms with E-state index < -0.39 is 0 Å². The van der Waals surface area contributed by atoms with Crippen LogP contribution in [0, 0.1) is 118 Å². The van der Waals surface area contributed by atoms with E-state index in [1.54, 1.807) is 0 Å². The van der Waals surface area contributed by atoms with Gasteiger partial charge in [-0.25, -0.2) is 0 Å². The van der Waals surface area contributed by atoms with Gasteiger partial charge in [0.1, 0.15) is 28.7 Å². The van der Waals surface area contributed by atoms with E-state index in [1.807, 2.05) is 97.1 Å². The Morgan fingerprint density at radius 1 is 0.196 bits per heavy atom. The number of benzene rings is 6. The van der Waals surface area contributed by atoms with E-state index in [-0.39, 0.29) is 0 Å². The maximum atomic E-state index is 7.35. The second-order valence-electron chi connectivity index (χ2n) is 34.7. The molecular weight excluding hydrogens is 1370 g/mol. The molecular formula is C106H146O6. The van der Waals surface area contributed by atoms with Crippen LogP contribution in [-0.2, 0) is 0 Å². The summed E-state index contributed by atoms with van der Waals surface area (Å²) >= 11 is 0. The molecule has 6 aromatic carbocycles. The molecule has 0 saturated carbocycles. The quantitative estimate of drug-likeness (QED) is 0.0280. The third-order valence-electron chi connectivity index (χ3n) is 21.4. The van der Waals surface area contributed by atoms with Gasteiger partial charge in [-0.15, -0.1) is 0 Å². The molecule has 5 unspecified atom stereocenters. The number of rotatable bonds is 50. The molecule has 0 radical (unpaired) electrons. The Labute approximate surface area is 684 Å². The first-order chi connectivity index (χ1) is 54.2. The van der Waals surface area contributed by atoms with Gasteiger partial charge in [-0.1, -0.05) is 311 Å². The first kappa shape index (κ1) is 92.8. The van der Waals surface area contributed by atoms with Crippen molar-refractivity contribution in [3.8, 4) is 93.7 Å². The lowest BCUT2D eigenvalue weighted by atomic mass is 9.89. The minimum absolute atomic E-state index is 0.440. The summed E-state index contributed by atoms with van der Waals surface area (Å²) in [4.78, 5) is 0. The monoisotopic (exact) mass is 1520 g/mol. The standard InChI is InChI=1S/C106H146O6/c1-17-18-19-20-21-22-23-24-75-112-106-104(68-53-94-46-61-99(62-47-94)110-79-73-89(15)38-28-33-84(8)9)102(66-51-92-42-57-97(58-43-92)108-77-71-87(13)36-26-31-82(4)5)101(65-50-91-40-55-96(56-41-91)107-76-70-86(12)35-25-30-81(2)3)103(67-52-93-44-59-98(60-45-93)109-78-72-88(14)37-27-32-83(6)7)105(106)69-54-95-48-63-100(64-49-95)111-80-74-90(16)39-29-34-85(10)11/h40-49,55-64,81-90H,17-39,70-80H2,1-16H3. The lowest BCUT2D eigenvalue weighted by Crippen LogP contribution is -2.08. The number of unbranched alkanes of at least 4 members (excludes halogenated alkanes) is 7. The van der Waals surface area contributed by atoms with Gasteiger partial charge in [0.2, 0.25) is 0 Å². The van der Waals surface area contributed by atoms with E-state index in [1.165, 1.54) is 128 Å². The van der Waals surface area contributed by atoms with Gasteiger partial charge in [-0.3, -0.25) is 0 Å². The predicted octanol–water partition coefficient (Wildman–Crippen LogP) is 28.4. The largest absolute Gasteiger partial charge is 0.494 e. The Kier molecular flexibility index (Phi) is 45.2. The van der Waals surface area contributed by atoms with E-state index in [9.17, 15) is 0 Å². The summed E-state index contributed by atoms with van der Waals surface area (Å²) in [7, 11) is 0. The summed E-state index contributed by atoms with van der Waals surface area (Å²) in [5.41, 5.74) is 7.11. The van der Waals surface area contributed by atoms with Crippen molar-refractivity contribution >= 4 is 0 Å². The number of hydrogen-bond acceptors (Lipinski definition) is 6. The normalized spacial score (nSPS) is 12.5. The molecule has 0 N–H and O–H groups in total. The van der Waals surface area contributed by atoms with Gasteiger partial charge in [0.05, 0.1) is 67.5 Å². The summed E-state index contributed by atoms with van der Waals surface area (Å²) in [5, 5.41) is 0. The van der Waals surface area contributed by atoms with Crippen LogP contribution < -0.4 is 28.4 Å². The summed E-state index contributed by atoms with van der Waals surface area (Å²) in [6.07, 6.45) is 32.9. The molecule has 0 aromatic heterocycles. The van der Waals surface area contributed by atoms with Crippen molar-refractivity contribution < 1.29 is 28.4 Å². The maximum absolute atomic E-state index is 7.35. The summed E-state index contributed by atoms with van der Waals surface area (Å²) < 4.78 is 39.4. The molecule has 0 aliphatic rings. The zero-order valence-electron chi connectivity index (χ0n) is 72.8. The molecule has 0 aliphatic heterocycles. The molecule has 112 heavy (non-hydrogen) atoms. The van der Waals surface area contributed by atoms with Gasteiger partial charge in [-0.2, -0.15) is 0 Å². The Balaban J connectivity index is 1.58. The molecule has 6 aromatic rings. The third-order valence-corrected chi connectivity index (χ3v) is 21.4. The second kappa shape index (κ2) is 54.6. The average Bonchev–Trinajstić information content (AvgIpc) is 0.762. The molecule has 0 aliphatic carbocycles. The molecule has 6 nitrogen and oxygen atoms in total. The molecule has 5 atom stereocenters. The highest BCUT2D eigenvalue weighted by atomic mass is 16.5. The van der Waals surface area contributed by atoms with Crippen molar-refractivity contribution in [2.75, 3.05) is 39.6 Å². The van der Waals surface area contributed by atoms with Crippen LogP contribution in [0.1, 0.15) is 346 Å². The highest BCUT2D eigenvalue weighted by molar-refractivity contribution is 5.78. The molecule has 0 fully saturated rings. The molecule has 0 heterocycles. The van der Waals surface area contributed by atoms with E-state index in [2.05, 4.69) is 194 Å². The van der Waals surface area contributed by atoms with Crippen LogP contribution in [0.25, 0.3) is 0 Å². The topological polar surface area (TPSA) is 55.4 Å². The first-order valence-electron chi connectivity index (χ1n) is 44.3. The Morgan fingerprint density at radius 2 is 0.402 bits per heavy atom. The SMILES string of the molecule is CCCCCCCCCCOc1c(C#Cc2ccc(OCCC(C)CCCC(C)C)cc2)c(C#Cc2ccc(OCCC(C)CCCC(C)C)cc2)c(C#Cc2ccc(OCCC(C)CCCC(C)C)cc2)c(C#Cc2ccc(OCCC(C)CCCC(C)C)cc2)c1C#Cc1ccc(OCCC(C)CCCC(C)C)cc1. The second-order valence-corrected chi connectivity index (χ2v) is 34.7. The van der Waals surface area contributed by atoms with Crippen molar-refractivity contribution in [3.63, 3.8) is 0 Å². The Hall–Kier alpha value is -8.08. The fourth-order valence-electron chi connectivity index (χ4n) is 13.7. The van der Waals surface area contributed by atoms with Crippen molar-refractivity contribution in [1.29, 1.82) is 0 Å². The van der Waals surface area contributed by atoms with Crippen LogP contribution in [0.2, 0.25) is 0 Å². The predicted molar refractivity (Wildman–Crippen MR) is 476 cm³/mol. The fraction of sp³-hybridized carbons (Fsp3) is 0.566. The summed E-state index contributed by atoms with van der Waals surface area (Å²) in [6, 6.07) is 40.8. The van der Waals surface area contributed by atoms with Crippen LogP contribution in [0.4, 0.5) is 0 Å². The molecule has 0 saturated heterocycles. The van der Waals surface area contributed by atoms with Crippen molar-refractivity contribution in [2.24, 2.45) is 59.2 Å². The molecule has 6 heteroatoms. The summed E-state index contributed by atoms with van der Waals surface area (Å²) in [6.45, 7) is 40.8. The highest BCUT2D eigenvalue weighted by Gasteiger charge is 2.23. The van der Waals surface area contributed by atoms with Crippen LogP contribution in [-0.4, -0.2) is 39.6 Å². The Morgan fingerprint density at radius 3 is 0.625 bits per heavy atom. The number of hydrogen-bond donors (Lipinski definition) is 0. The smallest absolute Gasteiger partial charge is 0.153 e. The molecule has 606 valence electrons.